The van der Waals surface area contributed by atoms with Gasteiger partial charge in [-0.2, -0.15) is 0 Å². The van der Waals surface area contributed by atoms with Gasteiger partial charge >= 0.3 is 0 Å². The van der Waals surface area contributed by atoms with Gasteiger partial charge in [-0.25, -0.2) is 0 Å². The zero-order valence-corrected chi connectivity index (χ0v) is 11.4. The van der Waals surface area contributed by atoms with E-state index in [0.29, 0.717) is 5.54 Å². The van der Waals surface area contributed by atoms with E-state index < -0.39 is 0 Å². The molecule has 1 atom stereocenters. The Bertz CT molecular complexity index is 326. The standard InChI is InChI=1S/C13H21N2Si/c1-4-12(16)10-8-7-9-11(14-5-2)13(10)15-6-3/h7-9,12,14-15H,4-6H2,1-3H3. The molecule has 0 aromatic heterocycles. The molecule has 1 rings (SSSR count). The van der Waals surface area contributed by atoms with E-state index in [1.807, 2.05) is 0 Å². The maximum atomic E-state index is 3.78. The van der Waals surface area contributed by atoms with Crippen LogP contribution in [0.2, 0.25) is 0 Å². The van der Waals surface area contributed by atoms with Crippen LogP contribution in [0.5, 0.6) is 0 Å². The maximum absolute atomic E-state index is 3.78. The highest BCUT2D eigenvalue weighted by Gasteiger charge is 2.11. The summed E-state index contributed by atoms with van der Waals surface area (Å²) in [6, 6.07) is 6.41. The first kappa shape index (κ1) is 13.1. The molecule has 0 aliphatic rings. The molecular weight excluding hydrogens is 212 g/mol. The van der Waals surface area contributed by atoms with Gasteiger partial charge in [0.05, 0.1) is 11.4 Å². The van der Waals surface area contributed by atoms with Gasteiger partial charge in [-0.15, -0.1) is 0 Å². The molecule has 3 heteroatoms. The number of anilines is 2. The van der Waals surface area contributed by atoms with Crippen molar-refractivity contribution in [3.63, 3.8) is 0 Å². The Hall–Kier alpha value is -0.963. The topological polar surface area (TPSA) is 24.1 Å². The normalized spacial score (nSPS) is 12.2. The maximum Gasteiger partial charge on any atom is 0.0608 e. The molecule has 0 heterocycles. The Balaban J connectivity index is 3.09. The molecule has 0 aliphatic carbocycles. The fourth-order valence-corrected chi connectivity index (χ4v) is 2.03. The molecule has 0 saturated carbocycles. The van der Waals surface area contributed by atoms with Crippen molar-refractivity contribution in [3.8, 4) is 0 Å². The van der Waals surface area contributed by atoms with Crippen LogP contribution in [0.25, 0.3) is 0 Å². The Labute approximate surface area is 102 Å². The average molecular weight is 233 g/mol. The monoisotopic (exact) mass is 233 g/mol. The molecule has 1 aromatic carbocycles. The summed E-state index contributed by atoms with van der Waals surface area (Å²) < 4.78 is 0. The summed E-state index contributed by atoms with van der Waals surface area (Å²) in [6.07, 6.45) is 1.09. The molecule has 0 saturated heterocycles. The van der Waals surface area contributed by atoms with Crippen LogP contribution in [0.1, 0.15) is 38.3 Å². The molecule has 16 heavy (non-hydrogen) atoms. The van der Waals surface area contributed by atoms with E-state index in [-0.39, 0.29) is 0 Å². The lowest BCUT2D eigenvalue weighted by atomic mass is 10.1. The molecule has 1 aromatic rings. The van der Waals surface area contributed by atoms with Crippen molar-refractivity contribution in [3.05, 3.63) is 23.8 Å². The van der Waals surface area contributed by atoms with Crippen LogP contribution in [0, 0.1) is 0 Å². The molecule has 2 N–H and O–H groups in total. The van der Waals surface area contributed by atoms with Crippen molar-refractivity contribution in [2.45, 2.75) is 32.7 Å². The first-order valence-electron chi connectivity index (χ1n) is 6.06. The molecule has 3 radical (unpaired) electrons. The predicted molar refractivity (Wildman–Crippen MR) is 73.6 cm³/mol. The summed E-state index contributed by atoms with van der Waals surface area (Å²) in [6.45, 7) is 8.32. The van der Waals surface area contributed by atoms with Crippen LogP contribution in [0.15, 0.2) is 18.2 Å². The Morgan fingerprint density at radius 3 is 2.38 bits per heavy atom. The minimum Gasteiger partial charge on any atom is -0.384 e. The van der Waals surface area contributed by atoms with Crippen LogP contribution in [0.3, 0.4) is 0 Å². The summed E-state index contributed by atoms with van der Waals surface area (Å²) >= 11 is 0. The second-order valence-corrected chi connectivity index (χ2v) is 4.49. The van der Waals surface area contributed by atoms with Gasteiger partial charge in [-0.3, -0.25) is 0 Å². The molecule has 0 spiro atoms. The highest BCUT2D eigenvalue weighted by Crippen LogP contribution is 2.31. The van der Waals surface area contributed by atoms with E-state index in [1.54, 1.807) is 0 Å². The van der Waals surface area contributed by atoms with Crippen LogP contribution >= 0.6 is 0 Å². The highest BCUT2D eigenvalue weighted by molar-refractivity contribution is 6.13. The zero-order chi connectivity index (χ0) is 12.0. The molecule has 0 amide bonds. The first-order valence-corrected chi connectivity index (χ1v) is 6.64. The SMILES string of the molecule is CCNc1cccc(C([Si])CC)c1NCC. The number of hydrogen-bond acceptors (Lipinski definition) is 2. The van der Waals surface area contributed by atoms with Crippen molar-refractivity contribution in [1.82, 2.24) is 0 Å². The minimum absolute atomic E-state index is 0.410. The molecule has 87 valence electrons. The van der Waals surface area contributed by atoms with Gasteiger partial charge in [0, 0.05) is 23.3 Å². The van der Waals surface area contributed by atoms with Gasteiger partial charge in [0.15, 0.2) is 0 Å². The van der Waals surface area contributed by atoms with Crippen LogP contribution in [0.4, 0.5) is 11.4 Å². The second-order valence-electron chi connectivity index (χ2n) is 3.79. The van der Waals surface area contributed by atoms with Crippen LogP contribution in [-0.4, -0.2) is 23.3 Å². The Morgan fingerprint density at radius 1 is 1.12 bits per heavy atom. The van der Waals surface area contributed by atoms with Gasteiger partial charge in [0.2, 0.25) is 0 Å². The van der Waals surface area contributed by atoms with E-state index in [4.69, 9.17) is 0 Å². The third kappa shape index (κ3) is 3.01. The molecule has 2 nitrogen and oxygen atoms in total. The number of hydrogen-bond donors (Lipinski definition) is 2. The lowest BCUT2D eigenvalue weighted by Crippen LogP contribution is -2.09. The Kier molecular flexibility index (Phi) is 5.39. The van der Waals surface area contributed by atoms with E-state index in [1.165, 1.54) is 16.9 Å². The van der Waals surface area contributed by atoms with Crippen molar-refractivity contribution in [2.75, 3.05) is 23.7 Å². The average Bonchev–Trinajstić information content (AvgIpc) is 2.31. The van der Waals surface area contributed by atoms with Crippen molar-refractivity contribution in [2.24, 2.45) is 0 Å². The lowest BCUT2D eigenvalue weighted by Gasteiger charge is -2.19. The molecule has 0 aliphatic heterocycles. The first-order chi connectivity index (χ1) is 7.74. The summed E-state index contributed by atoms with van der Waals surface area (Å²) in [7, 11) is 3.78. The Morgan fingerprint density at radius 2 is 1.81 bits per heavy atom. The molecule has 0 fully saturated rings. The van der Waals surface area contributed by atoms with E-state index in [2.05, 4.69) is 59.8 Å². The fourth-order valence-electron chi connectivity index (χ4n) is 1.79. The van der Waals surface area contributed by atoms with E-state index >= 15 is 0 Å². The van der Waals surface area contributed by atoms with Gasteiger partial charge in [-0.05, 0) is 31.0 Å². The van der Waals surface area contributed by atoms with Gasteiger partial charge in [-0.1, -0.05) is 25.5 Å². The quantitative estimate of drug-likeness (QED) is 0.738. The third-order valence-electron chi connectivity index (χ3n) is 2.60. The summed E-state index contributed by atoms with van der Waals surface area (Å²) in [4.78, 5) is 0. The van der Waals surface area contributed by atoms with Crippen molar-refractivity contribution >= 4 is 21.6 Å². The van der Waals surface area contributed by atoms with Gasteiger partial charge < -0.3 is 10.6 Å². The van der Waals surface area contributed by atoms with Crippen LogP contribution < -0.4 is 10.6 Å². The number of rotatable bonds is 6. The lowest BCUT2D eigenvalue weighted by molar-refractivity contribution is 0.882. The summed E-state index contributed by atoms with van der Waals surface area (Å²) in [5.41, 5.74) is 4.17. The predicted octanol–water partition coefficient (Wildman–Crippen LogP) is 3.17. The number of benzene rings is 1. The van der Waals surface area contributed by atoms with Crippen molar-refractivity contribution in [1.29, 1.82) is 0 Å². The molecule has 1 unspecified atom stereocenters. The largest absolute Gasteiger partial charge is 0.384 e. The smallest absolute Gasteiger partial charge is 0.0608 e. The third-order valence-corrected chi connectivity index (χ3v) is 3.32. The minimum atomic E-state index is 0.410. The molecular formula is C13H21N2Si. The number of para-hydroxylation sites is 1. The van der Waals surface area contributed by atoms with E-state index in [9.17, 15) is 0 Å². The van der Waals surface area contributed by atoms with Gasteiger partial charge in [0.1, 0.15) is 0 Å². The number of nitrogens with one attached hydrogen (secondary N) is 2. The van der Waals surface area contributed by atoms with Gasteiger partial charge in [0.25, 0.3) is 0 Å². The second kappa shape index (κ2) is 6.58. The molecule has 0 bridgehead atoms. The van der Waals surface area contributed by atoms with E-state index in [0.717, 1.165) is 19.5 Å². The summed E-state index contributed by atoms with van der Waals surface area (Å²) in [5, 5.41) is 6.85. The summed E-state index contributed by atoms with van der Waals surface area (Å²) in [5.74, 6) is 0. The fraction of sp³-hybridized carbons (Fsp3) is 0.538. The highest BCUT2D eigenvalue weighted by atomic mass is 28.1. The zero-order valence-electron chi connectivity index (χ0n) is 10.4. The van der Waals surface area contributed by atoms with Crippen molar-refractivity contribution < 1.29 is 0 Å². The van der Waals surface area contributed by atoms with Crippen LogP contribution in [-0.2, 0) is 0 Å².